The Morgan fingerprint density at radius 2 is 2.18 bits per heavy atom. The van der Waals surface area contributed by atoms with Crippen LogP contribution in [0, 0.1) is 19.7 Å². The Labute approximate surface area is 108 Å². The second-order valence-corrected chi connectivity index (χ2v) is 5.01. The number of nitrogens with zero attached hydrogens (tertiary/aromatic N) is 1. The van der Waals surface area contributed by atoms with E-state index in [1.165, 1.54) is 17.8 Å². The maximum absolute atomic E-state index is 13.5. The summed E-state index contributed by atoms with van der Waals surface area (Å²) in [5, 5.41) is 0.966. The average molecular weight is 272 g/mol. The van der Waals surface area contributed by atoms with E-state index in [1.54, 1.807) is 12.1 Å². The first kappa shape index (κ1) is 12.5. The van der Waals surface area contributed by atoms with Gasteiger partial charge >= 0.3 is 0 Å². The zero-order chi connectivity index (χ0) is 12.4. The summed E-state index contributed by atoms with van der Waals surface area (Å²) in [7, 11) is 0. The summed E-state index contributed by atoms with van der Waals surface area (Å²) in [5.41, 5.74) is 1.46. The fourth-order valence-corrected chi connectivity index (χ4v) is 2.34. The lowest BCUT2D eigenvalue weighted by Gasteiger charge is -2.01. The SMILES string of the molecule is Cc1nc(SCc2ccc(Cl)cc2F)oc1C. The molecule has 5 heteroatoms. The Bertz CT molecular complexity index is 522. The fourth-order valence-electron chi connectivity index (χ4n) is 1.28. The molecule has 2 rings (SSSR count). The highest BCUT2D eigenvalue weighted by Crippen LogP contribution is 2.26. The largest absolute Gasteiger partial charge is 0.437 e. The molecule has 0 saturated carbocycles. The molecular weight excluding hydrogens is 261 g/mol. The lowest BCUT2D eigenvalue weighted by atomic mass is 10.2. The number of benzene rings is 1. The van der Waals surface area contributed by atoms with Crippen molar-refractivity contribution in [3.8, 4) is 0 Å². The number of halogens is 2. The number of thioether (sulfide) groups is 1. The van der Waals surface area contributed by atoms with Gasteiger partial charge in [-0.25, -0.2) is 9.37 Å². The molecule has 0 aliphatic carbocycles. The van der Waals surface area contributed by atoms with Gasteiger partial charge in [-0.05, 0) is 31.5 Å². The van der Waals surface area contributed by atoms with Crippen molar-refractivity contribution in [1.82, 2.24) is 4.98 Å². The molecule has 0 saturated heterocycles. The summed E-state index contributed by atoms with van der Waals surface area (Å²) in [6, 6.07) is 4.66. The second kappa shape index (κ2) is 5.10. The summed E-state index contributed by atoms with van der Waals surface area (Å²) in [6.45, 7) is 3.74. The minimum Gasteiger partial charge on any atom is -0.437 e. The van der Waals surface area contributed by atoms with Gasteiger partial charge in [-0.1, -0.05) is 29.4 Å². The van der Waals surface area contributed by atoms with Crippen LogP contribution < -0.4 is 0 Å². The summed E-state index contributed by atoms with van der Waals surface area (Å²) < 4.78 is 18.9. The Kier molecular flexibility index (Phi) is 3.74. The van der Waals surface area contributed by atoms with E-state index >= 15 is 0 Å². The van der Waals surface area contributed by atoms with Crippen molar-refractivity contribution < 1.29 is 8.81 Å². The quantitative estimate of drug-likeness (QED) is 0.775. The Hall–Kier alpha value is -1.00. The van der Waals surface area contributed by atoms with E-state index < -0.39 is 0 Å². The molecule has 1 heterocycles. The standard InChI is InChI=1S/C12H11ClFNOS/c1-7-8(2)16-12(15-7)17-6-9-3-4-10(13)5-11(9)14/h3-5H,6H2,1-2H3. The number of oxazole rings is 1. The number of rotatable bonds is 3. The lowest BCUT2D eigenvalue weighted by Crippen LogP contribution is -1.87. The molecule has 0 amide bonds. The lowest BCUT2D eigenvalue weighted by molar-refractivity contribution is 0.431. The number of hydrogen-bond acceptors (Lipinski definition) is 3. The highest BCUT2D eigenvalue weighted by Gasteiger charge is 2.08. The first-order valence-corrected chi connectivity index (χ1v) is 6.43. The average Bonchev–Trinajstić information content (AvgIpc) is 2.57. The molecular formula is C12H11ClFNOS. The van der Waals surface area contributed by atoms with Gasteiger partial charge in [0.05, 0.1) is 5.69 Å². The van der Waals surface area contributed by atoms with E-state index in [0.29, 0.717) is 21.6 Å². The van der Waals surface area contributed by atoms with Gasteiger partial charge in [0.15, 0.2) is 0 Å². The van der Waals surface area contributed by atoms with Crippen LogP contribution in [0.4, 0.5) is 4.39 Å². The summed E-state index contributed by atoms with van der Waals surface area (Å²) in [6.07, 6.45) is 0. The molecule has 0 aliphatic rings. The smallest absolute Gasteiger partial charge is 0.256 e. The van der Waals surface area contributed by atoms with Gasteiger partial charge in [0.2, 0.25) is 0 Å². The molecule has 0 bridgehead atoms. The van der Waals surface area contributed by atoms with Gasteiger partial charge in [-0.2, -0.15) is 0 Å². The first-order chi connectivity index (χ1) is 8.06. The molecule has 90 valence electrons. The Balaban J connectivity index is 2.07. The van der Waals surface area contributed by atoms with E-state index in [-0.39, 0.29) is 5.82 Å². The second-order valence-electron chi connectivity index (χ2n) is 3.65. The van der Waals surface area contributed by atoms with Crippen LogP contribution in [0.2, 0.25) is 5.02 Å². The van der Waals surface area contributed by atoms with Gasteiger partial charge in [0, 0.05) is 10.8 Å². The molecule has 0 atom stereocenters. The number of aryl methyl sites for hydroxylation is 2. The maximum atomic E-state index is 13.5. The van der Waals surface area contributed by atoms with Crippen LogP contribution in [0.25, 0.3) is 0 Å². The van der Waals surface area contributed by atoms with Crippen molar-refractivity contribution >= 4 is 23.4 Å². The predicted octanol–water partition coefficient (Wildman–Crippen LogP) is 4.38. The monoisotopic (exact) mass is 271 g/mol. The first-order valence-electron chi connectivity index (χ1n) is 5.07. The third-order valence-corrected chi connectivity index (χ3v) is 3.49. The highest BCUT2D eigenvalue weighted by molar-refractivity contribution is 7.98. The topological polar surface area (TPSA) is 26.0 Å². The van der Waals surface area contributed by atoms with Crippen molar-refractivity contribution in [2.45, 2.75) is 24.8 Å². The van der Waals surface area contributed by atoms with E-state index in [1.807, 2.05) is 13.8 Å². The molecule has 2 nitrogen and oxygen atoms in total. The van der Waals surface area contributed by atoms with Crippen molar-refractivity contribution in [3.63, 3.8) is 0 Å². The van der Waals surface area contributed by atoms with E-state index in [2.05, 4.69) is 4.98 Å². The molecule has 1 aromatic heterocycles. The molecule has 2 aromatic rings. The number of aromatic nitrogens is 1. The van der Waals surface area contributed by atoms with Crippen LogP contribution in [-0.2, 0) is 5.75 Å². The van der Waals surface area contributed by atoms with Crippen molar-refractivity contribution in [3.05, 3.63) is 46.1 Å². The van der Waals surface area contributed by atoms with Crippen LogP contribution in [0.5, 0.6) is 0 Å². The van der Waals surface area contributed by atoms with E-state index in [4.69, 9.17) is 16.0 Å². The van der Waals surface area contributed by atoms with Crippen molar-refractivity contribution in [2.75, 3.05) is 0 Å². The molecule has 0 fully saturated rings. The molecule has 0 N–H and O–H groups in total. The van der Waals surface area contributed by atoms with Crippen LogP contribution in [0.15, 0.2) is 27.8 Å². The molecule has 0 unspecified atom stereocenters. The van der Waals surface area contributed by atoms with Crippen molar-refractivity contribution in [1.29, 1.82) is 0 Å². The van der Waals surface area contributed by atoms with Gasteiger partial charge < -0.3 is 4.42 Å². The third-order valence-electron chi connectivity index (χ3n) is 2.38. The van der Waals surface area contributed by atoms with Gasteiger partial charge in [-0.3, -0.25) is 0 Å². The zero-order valence-electron chi connectivity index (χ0n) is 9.46. The van der Waals surface area contributed by atoms with Gasteiger partial charge in [0.1, 0.15) is 11.6 Å². The van der Waals surface area contributed by atoms with Gasteiger partial charge in [-0.15, -0.1) is 0 Å². The normalized spacial score (nSPS) is 10.8. The Morgan fingerprint density at radius 1 is 1.41 bits per heavy atom. The third kappa shape index (κ3) is 3.01. The van der Waals surface area contributed by atoms with Crippen molar-refractivity contribution in [2.24, 2.45) is 0 Å². The van der Waals surface area contributed by atoms with Crippen LogP contribution in [-0.4, -0.2) is 4.98 Å². The fraction of sp³-hybridized carbons (Fsp3) is 0.250. The van der Waals surface area contributed by atoms with Crippen LogP contribution in [0.3, 0.4) is 0 Å². The minimum absolute atomic E-state index is 0.301. The Morgan fingerprint density at radius 3 is 2.76 bits per heavy atom. The highest BCUT2D eigenvalue weighted by atomic mass is 35.5. The summed E-state index contributed by atoms with van der Waals surface area (Å²) >= 11 is 7.05. The molecule has 17 heavy (non-hydrogen) atoms. The van der Waals surface area contributed by atoms with Gasteiger partial charge in [0.25, 0.3) is 5.22 Å². The summed E-state index contributed by atoms with van der Waals surface area (Å²) in [5.74, 6) is 0.969. The van der Waals surface area contributed by atoms with Crippen LogP contribution in [0.1, 0.15) is 17.0 Å². The minimum atomic E-state index is -0.301. The molecule has 0 spiro atoms. The van der Waals surface area contributed by atoms with E-state index in [9.17, 15) is 4.39 Å². The molecule has 0 aliphatic heterocycles. The predicted molar refractivity (Wildman–Crippen MR) is 66.9 cm³/mol. The maximum Gasteiger partial charge on any atom is 0.256 e. The number of hydrogen-bond donors (Lipinski definition) is 0. The zero-order valence-corrected chi connectivity index (χ0v) is 11.0. The molecule has 0 radical (unpaired) electrons. The molecule has 1 aromatic carbocycles. The van der Waals surface area contributed by atoms with Crippen LogP contribution >= 0.6 is 23.4 Å². The summed E-state index contributed by atoms with van der Waals surface area (Å²) in [4.78, 5) is 4.22. The van der Waals surface area contributed by atoms with E-state index in [0.717, 1.165) is 11.5 Å².